The number of rotatable bonds is 5. The molecule has 1 fully saturated rings. The average Bonchev–Trinajstić information content (AvgIpc) is 2.95. The molecule has 2 aromatic rings. The van der Waals surface area contributed by atoms with Crippen molar-refractivity contribution >= 4 is 32.6 Å². The molecule has 0 bridgehead atoms. The zero-order chi connectivity index (χ0) is 14.5. The molecule has 112 valence electrons. The Morgan fingerprint density at radius 2 is 2.10 bits per heavy atom. The molecule has 0 spiro atoms. The van der Waals surface area contributed by atoms with Gasteiger partial charge in [0.05, 0.1) is 10.2 Å². The normalized spacial score (nSPS) is 16.0. The average molecular weight is 305 g/mol. The minimum atomic E-state index is 0.112. The first-order valence-electron chi connectivity index (χ1n) is 7.28. The Labute approximate surface area is 127 Å². The van der Waals surface area contributed by atoms with E-state index in [4.69, 9.17) is 4.74 Å². The number of carbonyl (C=O) groups excluding carboxylic acids is 1. The fourth-order valence-electron chi connectivity index (χ4n) is 2.41. The van der Waals surface area contributed by atoms with Crippen LogP contribution in [0.1, 0.15) is 12.8 Å². The van der Waals surface area contributed by atoms with Crippen LogP contribution in [-0.4, -0.2) is 37.2 Å². The van der Waals surface area contributed by atoms with E-state index in [9.17, 15) is 4.79 Å². The molecular formula is C15H19N3O2S. The summed E-state index contributed by atoms with van der Waals surface area (Å²) < 4.78 is 6.44. The second-order valence-electron chi connectivity index (χ2n) is 5.09. The van der Waals surface area contributed by atoms with Crippen molar-refractivity contribution in [2.75, 3.05) is 31.6 Å². The molecule has 2 heterocycles. The van der Waals surface area contributed by atoms with Crippen molar-refractivity contribution in [3.63, 3.8) is 0 Å². The van der Waals surface area contributed by atoms with Crippen LogP contribution in [0.3, 0.4) is 0 Å². The fourth-order valence-corrected chi connectivity index (χ4v) is 3.30. The van der Waals surface area contributed by atoms with Gasteiger partial charge in [-0.15, -0.1) is 0 Å². The second kappa shape index (κ2) is 6.87. The Hall–Kier alpha value is -1.66. The van der Waals surface area contributed by atoms with E-state index in [1.54, 1.807) is 11.3 Å². The molecule has 5 nitrogen and oxygen atoms in total. The molecule has 0 aliphatic carbocycles. The van der Waals surface area contributed by atoms with Gasteiger partial charge in [-0.05, 0) is 25.0 Å². The lowest BCUT2D eigenvalue weighted by molar-refractivity contribution is -0.127. The van der Waals surface area contributed by atoms with Gasteiger partial charge in [0.25, 0.3) is 0 Å². The molecule has 1 aliphatic heterocycles. The van der Waals surface area contributed by atoms with E-state index in [-0.39, 0.29) is 11.8 Å². The van der Waals surface area contributed by atoms with Crippen molar-refractivity contribution in [2.24, 2.45) is 5.92 Å². The van der Waals surface area contributed by atoms with E-state index in [0.29, 0.717) is 26.3 Å². The predicted octanol–water partition coefficient (Wildman–Crippen LogP) is 2.25. The highest BCUT2D eigenvalue weighted by atomic mass is 32.1. The van der Waals surface area contributed by atoms with E-state index in [1.165, 1.54) is 4.70 Å². The Morgan fingerprint density at radius 3 is 2.90 bits per heavy atom. The molecule has 0 saturated carbocycles. The van der Waals surface area contributed by atoms with Crippen LogP contribution in [0, 0.1) is 5.92 Å². The summed E-state index contributed by atoms with van der Waals surface area (Å²) in [5.74, 6) is 0.255. The molecule has 2 N–H and O–H groups in total. The van der Waals surface area contributed by atoms with Crippen molar-refractivity contribution in [3.8, 4) is 0 Å². The quantitative estimate of drug-likeness (QED) is 0.832. The van der Waals surface area contributed by atoms with Crippen molar-refractivity contribution in [1.29, 1.82) is 0 Å². The Morgan fingerprint density at radius 1 is 1.29 bits per heavy atom. The van der Waals surface area contributed by atoms with Crippen LogP contribution in [0.25, 0.3) is 10.2 Å². The van der Waals surface area contributed by atoms with Crippen LogP contribution in [0.2, 0.25) is 0 Å². The summed E-state index contributed by atoms with van der Waals surface area (Å²) in [5, 5.41) is 7.14. The molecule has 1 aromatic carbocycles. The number of aromatic nitrogens is 1. The Kier molecular flexibility index (Phi) is 4.67. The van der Waals surface area contributed by atoms with Gasteiger partial charge >= 0.3 is 0 Å². The highest BCUT2D eigenvalue weighted by molar-refractivity contribution is 7.22. The van der Waals surface area contributed by atoms with Crippen LogP contribution >= 0.6 is 11.3 Å². The maximum absolute atomic E-state index is 11.9. The third-order valence-electron chi connectivity index (χ3n) is 3.59. The molecule has 6 heteroatoms. The van der Waals surface area contributed by atoms with Crippen LogP contribution in [0.4, 0.5) is 5.13 Å². The number of hydrogen-bond donors (Lipinski definition) is 2. The van der Waals surface area contributed by atoms with E-state index >= 15 is 0 Å². The van der Waals surface area contributed by atoms with E-state index in [2.05, 4.69) is 21.7 Å². The van der Waals surface area contributed by atoms with Crippen LogP contribution in [-0.2, 0) is 9.53 Å². The Balaban J connectivity index is 1.42. The van der Waals surface area contributed by atoms with Crippen molar-refractivity contribution < 1.29 is 9.53 Å². The van der Waals surface area contributed by atoms with Crippen molar-refractivity contribution in [3.05, 3.63) is 24.3 Å². The van der Waals surface area contributed by atoms with Gasteiger partial charge in [-0.3, -0.25) is 4.79 Å². The molecule has 1 amide bonds. The van der Waals surface area contributed by atoms with Gasteiger partial charge in [-0.25, -0.2) is 4.98 Å². The zero-order valence-corrected chi connectivity index (χ0v) is 12.6. The largest absolute Gasteiger partial charge is 0.381 e. The molecule has 0 radical (unpaired) electrons. The van der Waals surface area contributed by atoms with Crippen LogP contribution in [0.5, 0.6) is 0 Å². The molecular weight excluding hydrogens is 286 g/mol. The number of thiazole rings is 1. The van der Waals surface area contributed by atoms with E-state index < -0.39 is 0 Å². The fraction of sp³-hybridized carbons (Fsp3) is 0.467. The monoisotopic (exact) mass is 305 g/mol. The summed E-state index contributed by atoms with van der Waals surface area (Å²) in [4.78, 5) is 16.4. The number of benzene rings is 1. The van der Waals surface area contributed by atoms with Gasteiger partial charge in [0.1, 0.15) is 0 Å². The molecule has 0 atom stereocenters. The van der Waals surface area contributed by atoms with E-state index in [0.717, 1.165) is 23.5 Å². The topological polar surface area (TPSA) is 63.2 Å². The minimum Gasteiger partial charge on any atom is -0.381 e. The number of para-hydroxylation sites is 1. The lowest BCUT2D eigenvalue weighted by Crippen LogP contribution is -2.36. The number of nitrogens with one attached hydrogen (secondary N) is 2. The molecule has 1 saturated heterocycles. The van der Waals surface area contributed by atoms with Crippen LogP contribution < -0.4 is 10.6 Å². The zero-order valence-electron chi connectivity index (χ0n) is 11.8. The summed E-state index contributed by atoms with van der Waals surface area (Å²) >= 11 is 1.63. The number of nitrogens with zero attached hydrogens (tertiary/aromatic N) is 1. The first-order valence-corrected chi connectivity index (χ1v) is 8.09. The number of amides is 1. The smallest absolute Gasteiger partial charge is 0.223 e. The number of ether oxygens (including phenoxy) is 1. The SMILES string of the molecule is O=C(NCCNc1nc2ccccc2s1)C1CCOCC1. The molecule has 1 aromatic heterocycles. The van der Waals surface area contributed by atoms with Crippen molar-refractivity contribution in [1.82, 2.24) is 10.3 Å². The second-order valence-corrected chi connectivity index (χ2v) is 6.12. The van der Waals surface area contributed by atoms with Gasteiger partial charge in [-0.2, -0.15) is 0 Å². The van der Waals surface area contributed by atoms with E-state index in [1.807, 2.05) is 18.2 Å². The maximum Gasteiger partial charge on any atom is 0.223 e. The lowest BCUT2D eigenvalue weighted by atomic mass is 9.99. The lowest BCUT2D eigenvalue weighted by Gasteiger charge is -2.21. The first kappa shape index (κ1) is 14.3. The number of fused-ring (bicyclic) bond motifs is 1. The summed E-state index contributed by atoms with van der Waals surface area (Å²) in [5.41, 5.74) is 1.01. The Bertz CT molecular complexity index is 575. The van der Waals surface area contributed by atoms with Crippen molar-refractivity contribution in [2.45, 2.75) is 12.8 Å². The highest BCUT2D eigenvalue weighted by Crippen LogP contribution is 2.24. The predicted molar refractivity (Wildman–Crippen MR) is 84.7 cm³/mol. The van der Waals surface area contributed by atoms with Gasteiger partial charge < -0.3 is 15.4 Å². The van der Waals surface area contributed by atoms with Gasteiger partial charge in [0.15, 0.2) is 5.13 Å². The van der Waals surface area contributed by atoms with Crippen LogP contribution in [0.15, 0.2) is 24.3 Å². The summed E-state index contributed by atoms with van der Waals surface area (Å²) in [6.07, 6.45) is 1.66. The maximum atomic E-state index is 11.9. The first-order chi connectivity index (χ1) is 10.3. The highest BCUT2D eigenvalue weighted by Gasteiger charge is 2.20. The molecule has 0 unspecified atom stereocenters. The summed E-state index contributed by atoms with van der Waals surface area (Å²) in [7, 11) is 0. The third-order valence-corrected chi connectivity index (χ3v) is 4.58. The standard InChI is InChI=1S/C15H19N3O2S/c19-14(11-5-9-20-10-6-11)16-7-8-17-15-18-12-3-1-2-4-13(12)21-15/h1-4,11H,5-10H2,(H,16,19)(H,17,18). The number of carbonyl (C=O) groups is 1. The third kappa shape index (κ3) is 3.71. The summed E-state index contributed by atoms with van der Waals surface area (Å²) in [6.45, 7) is 2.70. The summed E-state index contributed by atoms with van der Waals surface area (Å²) in [6, 6.07) is 8.06. The number of hydrogen-bond acceptors (Lipinski definition) is 5. The molecule has 21 heavy (non-hydrogen) atoms. The molecule has 1 aliphatic rings. The minimum absolute atomic E-state index is 0.112. The number of anilines is 1. The van der Waals surface area contributed by atoms with Gasteiger partial charge in [0.2, 0.25) is 5.91 Å². The van der Waals surface area contributed by atoms with Gasteiger partial charge in [0, 0.05) is 32.2 Å². The van der Waals surface area contributed by atoms with Gasteiger partial charge in [-0.1, -0.05) is 23.5 Å². The molecule has 3 rings (SSSR count).